The number of hydrogen-bond donors (Lipinski definition) is 7. The summed E-state index contributed by atoms with van der Waals surface area (Å²) < 4.78 is 16.2. The second-order valence-corrected chi connectivity index (χ2v) is 13.0. The third-order valence-electron chi connectivity index (χ3n) is 7.87. The van der Waals surface area contributed by atoms with E-state index in [4.69, 9.17) is 19.9 Å². The van der Waals surface area contributed by atoms with E-state index in [9.17, 15) is 49.2 Å². The fourth-order valence-corrected chi connectivity index (χ4v) is 4.99. The van der Waals surface area contributed by atoms with E-state index in [2.05, 4.69) is 10.6 Å². The minimum atomic E-state index is -1.95. The molecule has 266 valence electrons. The highest BCUT2D eigenvalue weighted by Gasteiger charge is 2.48. The molecule has 1 aromatic carbocycles. The van der Waals surface area contributed by atoms with E-state index in [1.54, 1.807) is 34.6 Å². The van der Waals surface area contributed by atoms with E-state index in [0.717, 1.165) is 4.90 Å². The number of likely N-dealkylation sites (tertiary alicyclic amines) is 1. The Balaban J connectivity index is 1.73. The molecule has 8 N–H and O–H groups in total. The molecule has 0 aliphatic carbocycles. The van der Waals surface area contributed by atoms with Gasteiger partial charge in [0.15, 0.2) is 6.10 Å². The van der Waals surface area contributed by atoms with Crippen molar-refractivity contribution in [3.05, 3.63) is 23.8 Å². The van der Waals surface area contributed by atoms with Gasteiger partial charge in [0.25, 0.3) is 0 Å². The highest BCUT2D eigenvalue weighted by Crippen LogP contribution is 2.32. The van der Waals surface area contributed by atoms with Gasteiger partial charge in [0.05, 0.1) is 11.1 Å². The summed E-state index contributed by atoms with van der Waals surface area (Å²) in [5, 5.41) is 45.0. The van der Waals surface area contributed by atoms with E-state index in [-0.39, 0.29) is 49.9 Å². The number of benzene rings is 1. The van der Waals surface area contributed by atoms with E-state index in [1.807, 2.05) is 0 Å². The number of aliphatic hydroxyl groups excluding tert-OH is 3. The molecule has 2 fully saturated rings. The fourth-order valence-electron chi connectivity index (χ4n) is 4.99. The number of rotatable bonds is 13. The van der Waals surface area contributed by atoms with E-state index in [0.29, 0.717) is 5.56 Å². The van der Waals surface area contributed by atoms with Crippen LogP contribution < -0.4 is 21.1 Å². The average molecular weight is 681 g/mol. The van der Waals surface area contributed by atoms with Crippen molar-refractivity contribution in [1.29, 1.82) is 0 Å². The normalized spacial score (nSPS) is 25.1. The summed E-state index contributed by atoms with van der Waals surface area (Å²) in [4.78, 5) is 75.8. The van der Waals surface area contributed by atoms with Gasteiger partial charge in [-0.3, -0.25) is 28.9 Å². The summed E-state index contributed by atoms with van der Waals surface area (Å²) in [5.41, 5.74) is 5.31. The number of carboxylic acid groups (broad SMARTS) is 1. The molecule has 17 nitrogen and oxygen atoms in total. The molecule has 7 atom stereocenters. The lowest BCUT2D eigenvalue weighted by atomic mass is 9.94. The maximum atomic E-state index is 13.0. The molecule has 17 heteroatoms. The Kier molecular flexibility index (Phi) is 12.6. The van der Waals surface area contributed by atoms with Gasteiger partial charge >= 0.3 is 11.9 Å². The maximum Gasteiger partial charge on any atom is 0.335 e. The zero-order valence-electron chi connectivity index (χ0n) is 27.4. The lowest BCUT2D eigenvalue weighted by Crippen LogP contribution is -2.61. The first-order chi connectivity index (χ1) is 22.4. The Labute approximate surface area is 276 Å². The number of nitrogens with two attached hydrogens (primary N) is 1. The summed E-state index contributed by atoms with van der Waals surface area (Å²) in [7, 11) is 0. The first kappa shape index (κ1) is 38.3. The van der Waals surface area contributed by atoms with Crippen LogP contribution in [0.1, 0.15) is 53.0 Å². The predicted molar refractivity (Wildman–Crippen MR) is 165 cm³/mol. The predicted octanol–water partition coefficient (Wildman–Crippen LogP) is -1.15. The molecule has 2 saturated heterocycles. The minimum Gasteiger partial charge on any atom is -0.479 e. The van der Waals surface area contributed by atoms with Crippen molar-refractivity contribution >= 4 is 41.3 Å². The summed E-state index contributed by atoms with van der Waals surface area (Å²) >= 11 is 0. The van der Waals surface area contributed by atoms with Crippen LogP contribution in [0.15, 0.2) is 18.2 Å². The van der Waals surface area contributed by atoms with Crippen molar-refractivity contribution in [2.45, 2.75) is 90.8 Å². The lowest BCUT2D eigenvalue weighted by molar-refractivity contribution is -0.271. The molecule has 0 spiro atoms. The lowest BCUT2D eigenvalue weighted by Gasteiger charge is -2.38. The number of anilines is 1. The van der Waals surface area contributed by atoms with Crippen LogP contribution in [-0.2, 0) is 44.8 Å². The number of carboxylic acids is 1. The van der Waals surface area contributed by atoms with Crippen LogP contribution >= 0.6 is 0 Å². The van der Waals surface area contributed by atoms with Gasteiger partial charge in [0.1, 0.15) is 36.7 Å². The van der Waals surface area contributed by atoms with Crippen LogP contribution in [0.4, 0.5) is 5.69 Å². The van der Waals surface area contributed by atoms with Crippen LogP contribution in [0.5, 0.6) is 5.75 Å². The SMILES string of the molecule is CC(C)C1CC(=O)N([C@@H](CN)C(=O)NCCC(=O)Nc2cc(COC(=O)C(C)(C)C)ccc2O[C@@H]2O[C@H](C(=O)O)[C@@H](O)[C@H](O)[C@H]2O)C1=O. The Morgan fingerprint density at radius 1 is 1.08 bits per heavy atom. The van der Waals surface area contributed by atoms with Gasteiger partial charge < -0.3 is 51.0 Å². The molecule has 0 bridgehead atoms. The molecule has 1 unspecified atom stereocenters. The van der Waals surface area contributed by atoms with Gasteiger partial charge in [-0.05, 0) is 44.4 Å². The van der Waals surface area contributed by atoms with Crippen molar-refractivity contribution in [2.75, 3.05) is 18.4 Å². The average Bonchev–Trinajstić information content (AvgIpc) is 3.30. The minimum absolute atomic E-state index is 0.0268. The van der Waals surface area contributed by atoms with Crippen molar-refractivity contribution in [3.63, 3.8) is 0 Å². The van der Waals surface area contributed by atoms with Crippen molar-refractivity contribution in [1.82, 2.24) is 10.2 Å². The fraction of sp³-hybridized carbons (Fsp3) is 0.613. The largest absolute Gasteiger partial charge is 0.479 e. The molecule has 48 heavy (non-hydrogen) atoms. The molecule has 0 aromatic heterocycles. The Hall–Kier alpha value is -4.16. The summed E-state index contributed by atoms with van der Waals surface area (Å²) in [6.07, 6.45) is -9.85. The van der Waals surface area contributed by atoms with Gasteiger partial charge in [-0.15, -0.1) is 0 Å². The van der Waals surface area contributed by atoms with Crippen molar-refractivity contribution in [2.24, 2.45) is 23.0 Å². The number of amides is 4. The third kappa shape index (κ3) is 9.04. The van der Waals surface area contributed by atoms with Gasteiger partial charge in [-0.2, -0.15) is 0 Å². The number of aliphatic hydroxyl groups is 3. The van der Waals surface area contributed by atoms with Crippen molar-refractivity contribution < 1.29 is 63.4 Å². The monoisotopic (exact) mass is 680 g/mol. The Morgan fingerprint density at radius 2 is 1.75 bits per heavy atom. The van der Waals surface area contributed by atoms with Crippen LogP contribution in [-0.4, -0.2) is 111 Å². The highest BCUT2D eigenvalue weighted by atomic mass is 16.7. The molecule has 4 amide bonds. The number of carbonyl (C=O) groups is 6. The molecule has 0 saturated carbocycles. The topological polar surface area (TPSA) is 264 Å². The van der Waals surface area contributed by atoms with Crippen LogP contribution in [0.25, 0.3) is 0 Å². The molecule has 2 aliphatic heterocycles. The van der Waals surface area contributed by atoms with Crippen LogP contribution in [0, 0.1) is 17.3 Å². The standard InChI is InChI=1S/C31H44N4O13/c1-14(2)16-11-21(37)35(27(16)42)18(12-32)26(41)33-9-8-20(36)34-17-10-15(13-46-30(45)31(3,4)5)6-7-19(17)47-29-24(40)22(38)23(39)25(48-29)28(43)44/h6-7,10,14,16,18,22-25,29,38-40H,8-9,11-13,32H2,1-5H3,(H,33,41)(H,34,36)(H,43,44)/t16?,18-,22-,23-,24+,25-,29+/m0/s1. The molecule has 3 rings (SSSR count). The number of hydrogen-bond acceptors (Lipinski definition) is 13. The summed E-state index contributed by atoms with van der Waals surface area (Å²) in [6.45, 7) is 7.85. The number of nitrogens with one attached hydrogen (secondary N) is 2. The molecule has 0 radical (unpaired) electrons. The van der Waals surface area contributed by atoms with E-state index >= 15 is 0 Å². The zero-order chi connectivity index (χ0) is 36.1. The summed E-state index contributed by atoms with van der Waals surface area (Å²) in [6, 6.07) is 2.92. The van der Waals surface area contributed by atoms with E-state index in [1.165, 1.54) is 18.2 Å². The number of ether oxygens (including phenoxy) is 3. The molecular weight excluding hydrogens is 636 g/mol. The first-order valence-corrected chi connectivity index (χ1v) is 15.4. The van der Waals surface area contributed by atoms with E-state index < -0.39 is 83.6 Å². The first-order valence-electron chi connectivity index (χ1n) is 15.4. The second kappa shape index (κ2) is 15.8. The van der Waals surface area contributed by atoms with Gasteiger partial charge in [0, 0.05) is 31.8 Å². The smallest absolute Gasteiger partial charge is 0.335 e. The van der Waals surface area contributed by atoms with Crippen LogP contribution in [0.2, 0.25) is 0 Å². The quantitative estimate of drug-likeness (QED) is 0.0959. The van der Waals surface area contributed by atoms with Gasteiger partial charge in [0.2, 0.25) is 29.9 Å². The number of carbonyl (C=O) groups excluding carboxylic acids is 5. The molecular formula is C31H44N4O13. The molecule has 1 aromatic rings. The Morgan fingerprint density at radius 3 is 2.31 bits per heavy atom. The summed E-state index contributed by atoms with van der Waals surface area (Å²) in [5.74, 6) is -5.31. The number of nitrogens with zero attached hydrogens (tertiary/aromatic N) is 1. The van der Waals surface area contributed by atoms with Crippen molar-refractivity contribution in [3.8, 4) is 5.75 Å². The number of esters is 1. The third-order valence-corrected chi connectivity index (χ3v) is 7.87. The van der Waals surface area contributed by atoms with Gasteiger partial charge in [-0.1, -0.05) is 19.9 Å². The zero-order valence-corrected chi connectivity index (χ0v) is 27.4. The van der Waals surface area contributed by atoms with Crippen LogP contribution in [0.3, 0.4) is 0 Å². The number of aliphatic carboxylic acids is 1. The highest BCUT2D eigenvalue weighted by molar-refractivity contribution is 6.07. The van der Waals surface area contributed by atoms with Gasteiger partial charge in [-0.25, -0.2) is 4.79 Å². The Bertz CT molecular complexity index is 1390. The second-order valence-electron chi connectivity index (χ2n) is 13.0. The molecule has 2 aliphatic rings. The number of imide groups is 1. The molecule has 2 heterocycles. The maximum absolute atomic E-state index is 13.0.